The zero-order chi connectivity index (χ0) is 18.8. The van der Waals surface area contributed by atoms with Crippen LogP contribution in [0.25, 0.3) is 33.8 Å². The van der Waals surface area contributed by atoms with E-state index >= 15 is 0 Å². The first-order valence-electron chi connectivity index (χ1n) is 9.24. The standard InChI is InChI=1S/C25H23N2/c1-18-12-10-11-17-22(18)25-24(21-15-8-5-9-16-21)26-23(19(2)27(25)3)20-13-6-4-7-14-20/h4-17H,1-3H3/q+1. The maximum Gasteiger partial charge on any atom is 0.239 e. The number of hydrogen-bond acceptors (Lipinski definition) is 1. The normalized spacial score (nSPS) is 10.8. The molecule has 0 N–H and O–H groups in total. The van der Waals surface area contributed by atoms with Crippen LogP contribution in [0.2, 0.25) is 0 Å². The Hall–Kier alpha value is -3.26. The molecule has 0 bridgehead atoms. The summed E-state index contributed by atoms with van der Waals surface area (Å²) in [5, 5.41) is 0. The van der Waals surface area contributed by atoms with E-state index in [-0.39, 0.29) is 0 Å². The van der Waals surface area contributed by atoms with Gasteiger partial charge in [-0.05, 0) is 18.6 Å². The third kappa shape index (κ3) is 3.15. The lowest BCUT2D eigenvalue weighted by Gasteiger charge is -2.14. The molecule has 1 heterocycles. The summed E-state index contributed by atoms with van der Waals surface area (Å²) >= 11 is 0. The van der Waals surface area contributed by atoms with Crippen molar-refractivity contribution in [1.29, 1.82) is 0 Å². The fraction of sp³-hybridized carbons (Fsp3) is 0.120. The van der Waals surface area contributed by atoms with Gasteiger partial charge in [-0.2, -0.15) is 4.57 Å². The highest BCUT2D eigenvalue weighted by Crippen LogP contribution is 2.32. The van der Waals surface area contributed by atoms with Crippen LogP contribution in [-0.4, -0.2) is 4.98 Å². The lowest BCUT2D eigenvalue weighted by Crippen LogP contribution is -2.37. The smallest absolute Gasteiger partial charge is 0.234 e. The fourth-order valence-corrected chi connectivity index (χ4v) is 3.54. The first-order valence-corrected chi connectivity index (χ1v) is 9.24. The highest BCUT2D eigenvalue weighted by molar-refractivity contribution is 5.79. The summed E-state index contributed by atoms with van der Waals surface area (Å²) in [5.74, 6) is 0. The van der Waals surface area contributed by atoms with E-state index in [0.29, 0.717) is 0 Å². The molecule has 0 radical (unpaired) electrons. The van der Waals surface area contributed by atoms with Crippen LogP contribution in [0.15, 0.2) is 84.9 Å². The molecule has 0 spiro atoms. The van der Waals surface area contributed by atoms with Gasteiger partial charge in [-0.25, -0.2) is 4.98 Å². The van der Waals surface area contributed by atoms with Crippen molar-refractivity contribution in [2.75, 3.05) is 0 Å². The third-order valence-electron chi connectivity index (χ3n) is 5.12. The predicted octanol–water partition coefficient (Wildman–Crippen LogP) is 5.52. The van der Waals surface area contributed by atoms with Gasteiger partial charge in [0.05, 0.1) is 5.56 Å². The second-order valence-electron chi connectivity index (χ2n) is 6.85. The van der Waals surface area contributed by atoms with E-state index in [4.69, 9.17) is 4.98 Å². The highest BCUT2D eigenvalue weighted by atomic mass is 15.0. The topological polar surface area (TPSA) is 16.8 Å². The van der Waals surface area contributed by atoms with Gasteiger partial charge < -0.3 is 0 Å². The van der Waals surface area contributed by atoms with Gasteiger partial charge in [0.25, 0.3) is 0 Å². The van der Waals surface area contributed by atoms with E-state index in [1.54, 1.807) is 0 Å². The Kier molecular flexibility index (Phi) is 4.55. The average molecular weight is 351 g/mol. The van der Waals surface area contributed by atoms with Crippen molar-refractivity contribution in [3.05, 3.63) is 96.2 Å². The molecule has 0 aliphatic heterocycles. The molecule has 0 unspecified atom stereocenters. The summed E-state index contributed by atoms with van der Waals surface area (Å²) in [6.07, 6.45) is 0. The molecule has 4 rings (SSSR count). The molecule has 0 saturated heterocycles. The molecule has 0 saturated carbocycles. The van der Waals surface area contributed by atoms with Crippen molar-refractivity contribution in [3.8, 4) is 33.8 Å². The minimum Gasteiger partial charge on any atom is -0.234 e. The van der Waals surface area contributed by atoms with Gasteiger partial charge in [0.15, 0.2) is 0 Å². The van der Waals surface area contributed by atoms with E-state index in [9.17, 15) is 0 Å². The summed E-state index contributed by atoms with van der Waals surface area (Å²) in [5.41, 5.74) is 9.07. The van der Waals surface area contributed by atoms with Gasteiger partial charge in [-0.3, -0.25) is 0 Å². The minimum atomic E-state index is 1.01. The largest absolute Gasteiger partial charge is 0.239 e. The number of benzene rings is 3. The van der Waals surface area contributed by atoms with E-state index < -0.39 is 0 Å². The van der Waals surface area contributed by atoms with Crippen LogP contribution in [0.4, 0.5) is 0 Å². The quantitative estimate of drug-likeness (QED) is 0.444. The van der Waals surface area contributed by atoms with Crippen molar-refractivity contribution in [2.24, 2.45) is 7.05 Å². The Morgan fingerprint density at radius 1 is 0.630 bits per heavy atom. The molecular weight excluding hydrogens is 328 g/mol. The molecule has 0 aliphatic carbocycles. The molecule has 0 amide bonds. The second-order valence-corrected chi connectivity index (χ2v) is 6.85. The Morgan fingerprint density at radius 3 is 1.74 bits per heavy atom. The van der Waals surface area contributed by atoms with Crippen molar-refractivity contribution >= 4 is 0 Å². The Balaban J connectivity index is 2.07. The van der Waals surface area contributed by atoms with Gasteiger partial charge in [-0.1, -0.05) is 78.9 Å². The van der Waals surface area contributed by atoms with E-state index in [2.05, 4.69) is 98.3 Å². The molecule has 27 heavy (non-hydrogen) atoms. The Morgan fingerprint density at radius 2 is 1.15 bits per heavy atom. The van der Waals surface area contributed by atoms with Gasteiger partial charge >= 0.3 is 0 Å². The fourth-order valence-electron chi connectivity index (χ4n) is 3.54. The minimum absolute atomic E-state index is 1.01. The van der Waals surface area contributed by atoms with E-state index in [0.717, 1.165) is 33.9 Å². The molecule has 2 heteroatoms. The third-order valence-corrected chi connectivity index (χ3v) is 5.12. The number of aryl methyl sites for hydroxylation is 1. The molecule has 2 nitrogen and oxygen atoms in total. The summed E-state index contributed by atoms with van der Waals surface area (Å²) in [6, 6.07) is 29.4. The second kappa shape index (κ2) is 7.16. The molecule has 4 aromatic rings. The van der Waals surface area contributed by atoms with Gasteiger partial charge in [0, 0.05) is 18.1 Å². The summed E-state index contributed by atoms with van der Waals surface area (Å²) in [6.45, 7) is 4.30. The lowest BCUT2D eigenvalue weighted by atomic mass is 9.98. The molecular formula is C25H23N2+. The van der Waals surface area contributed by atoms with Crippen molar-refractivity contribution in [3.63, 3.8) is 0 Å². The van der Waals surface area contributed by atoms with Crippen molar-refractivity contribution in [1.82, 2.24) is 4.98 Å². The van der Waals surface area contributed by atoms with Gasteiger partial charge in [0.2, 0.25) is 11.4 Å². The zero-order valence-corrected chi connectivity index (χ0v) is 16.0. The highest BCUT2D eigenvalue weighted by Gasteiger charge is 2.26. The summed E-state index contributed by atoms with van der Waals surface area (Å²) in [4.78, 5) is 5.17. The average Bonchev–Trinajstić information content (AvgIpc) is 2.72. The maximum absolute atomic E-state index is 5.17. The molecule has 3 aromatic carbocycles. The van der Waals surface area contributed by atoms with Crippen LogP contribution in [-0.2, 0) is 7.05 Å². The first-order chi connectivity index (χ1) is 13.2. The predicted molar refractivity (Wildman–Crippen MR) is 111 cm³/mol. The number of hydrogen-bond donors (Lipinski definition) is 0. The van der Waals surface area contributed by atoms with Crippen molar-refractivity contribution in [2.45, 2.75) is 13.8 Å². The van der Waals surface area contributed by atoms with Crippen LogP contribution in [0, 0.1) is 13.8 Å². The SMILES string of the molecule is Cc1ccccc1-c1c(-c2ccccc2)nc(-c2ccccc2)c(C)[n+]1C. The van der Waals surface area contributed by atoms with E-state index in [1.807, 2.05) is 12.1 Å². The lowest BCUT2D eigenvalue weighted by molar-refractivity contribution is -0.666. The number of aromatic nitrogens is 2. The summed E-state index contributed by atoms with van der Waals surface area (Å²) < 4.78 is 2.28. The van der Waals surface area contributed by atoms with Crippen LogP contribution >= 0.6 is 0 Å². The van der Waals surface area contributed by atoms with Gasteiger partial charge in [0.1, 0.15) is 18.4 Å². The van der Waals surface area contributed by atoms with E-state index in [1.165, 1.54) is 11.1 Å². The monoisotopic (exact) mass is 351 g/mol. The molecule has 132 valence electrons. The van der Waals surface area contributed by atoms with Crippen LogP contribution in [0.1, 0.15) is 11.3 Å². The molecule has 0 atom stereocenters. The maximum atomic E-state index is 5.17. The molecule has 1 aromatic heterocycles. The Labute approximate surface area is 160 Å². The van der Waals surface area contributed by atoms with Crippen molar-refractivity contribution < 1.29 is 4.57 Å². The Bertz CT molecular complexity index is 1080. The summed E-state index contributed by atoms with van der Waals surface area (Å²) in [7, 11) is 2.14. The molecule has 0 fully saturated rings. The zero-order valence-electron chi connectivity index (χ0n) is 16.0. The number of rotatable bonds is 3. The first kappa shape index (κ1) is 17.2. The van der Waals surface area contributed by atoms with Gasteiger partial charge in [-0.15, -0.1) is 0 Å². The van der Waals surface area contributed by atoms with Crippen LogP contribution in [0.3, 0.4) is 0 Å². The molecule has 0 aliphatic rings. The van der Waals surface area contributed by atoms with Crippen LogP contribution < -0.4 is 4.57 Å². The number of nitrogens with zero attached hydrogens (tertiary/aromatic N) is 2. The van der Waals surface area contributed by atoms with Crippen LogP contribution in [0.5, 0.6) is 0 Å².